The molecule has 1 aromatic heterocycles. The van der Waals surface area contributed by atoms with Crippen molar-refractivity contribution in [1.29, 1.82) is 0 Å². The van der Waals surface area contributed by atoms with Crippen molar-refractivity contribution >= 4 is 0 Å². The number of hydrogen-bond acceptors (Lipinski definition) is 3. The summed E-state index contributed by atoms with van der Waals surface area (Å²) < 4.78 is 6.02. The Labute approximate surface area is 106 Å². The molecule has 0 spiro atoms. The van der Waals surface area contributed by atoms with Crippen LogP contribution in [0, 0.1) is 0 Å². The van der Waals surface area contributed by atoms with Crippen molar-refractivity contribution in [1.82, 2.24) is 15.5 Å². The molecule has 1 atom stereocenters. The van der Waals surface area contributed by atoms with Gasteiger partial charge in [0.25, 0.3) is 0 Å². The molecular weight excluding hydrogens is 226 g/mol. The summed E-state index contributed by atoms with van der Waals surface area (Å²) in [5.41, 5.74) is 2.06. The summed E-state index contributed by atoms with van der Waals surface area (Å²) in [5, 5.41) is 10.5. The second kappa shape index (κ2) is 5.23. The van der Waals surface area contributed by atoms with E-state index in [1.807, 2.05) is 18.2 Å². The number of benzene rings is 1. The number of rotatable bonds is 3. The first-order valence-electron chi connectivity index (χ1n) is 6.39. The lowest BCUT2D eigenvalue weighted by Crippen LogP contribution is -2.37. The predicted molar refractivity (Wildman–Crippen MR) is 70.5 cm³/mol. The maximum absolute atomic E-state index is 6.02. The first kappa shape index (κ1) is 11.3. The summed E-state index contributed by atoms with van der Waals surface area (Å²) in [6.45, 7) is 2.01. The smallest absolute Gasteiger partial charge is 0.165 e. The van der Waals surface area contributed by atoms with Gasteiger partial charge in [-0.1, -0.05) is 30.3 Å². The number of nitrogens with zero attached hydrogens (tertiary/aromatic N) is 1. The molecule has 4 heteroatoms. The number of piperidine rings is 1. The molecule has 1 aliphatic rings. The summed E-state index contributed by atoms with van der Waals surface area (Å²) in [6, 6.07) is 10.1. The van der Waals surface area contributed by atoms with Gasteiger partial charge in [-0.2, -0.15) is 5.10 Å². The lowest BCUT2D eigenvalue weighted by molar-refractivity contribution is 0.168. The minimum absolute atomic E-state index is 0.249. The van der Waals surface area contributed by atoms with E-state index in [9.17, 15) is 0 Å². The van der Waals surface area contributed by atoms with E-state index in [0.717, 1.165) is 36.5 Å². The molecule has 3 rings (SSSR count). The minimum Gasteiger partial charge on any atom is -0.485 e. The Hall–Kier alpha value is -1.81. The molecule has 4 nitrogen and oxygen atoms in total. The summed E-state index contributed by atoms with van der Waals surface area (Å²) in [4.78, 5) is 0. The average molecular weight is 243 g/mol. The van der Waals surface area contributed by atoms with Crippen molar-refractivity contribution in [2.45, 2.75) is 18.9 Å². The third-order valence-corrected chi connectivity index (χ3v) is 3.21. The summed E-state index contributed by atoms with van der Waals surface area (Å²) in [6.07, 6.45) is 4.28. The number of hydrogen-bond donors (Lipinski definition) is 2. The molecular formula is C14H17N3O. The van der Waals surface area contributed by atoms with Gasteiger partial charge in [0.1, 0.15) is 11.8 Å². The van der Waals surface area contributed by atoms with E-state index in [4.69, 9.17) is 4.74 Å². The minimum atomic E-state index is 0.249. The molecule has 0 saturated carbocycles. The monoisotopic (exact) mass is 243 g/mol. The van der Waals surface area contributed by atoms with Crippen LogP contribution in [0.2, 0.25) is 0 Å². The molecule has 2 aromatic rings. The van der Waals surface area contributed by atoms with Gasteiger partial charge in [-0.05, 0) is 19.4 Å². The van der Waals surface area contributed by atoms with Crippen molar-refractivity contribution in [2.24, 2.45) is 0 Å². The van der Waals surface area contributed by atoms with Crippen LogP contribution in [0.1, 0.15) is 12.8 Å². The van der Waals surface area contributed by atoms with Gasteiger partial charge in [0, 0.05) is 12.1 Å². The standard InChI is InChI=1S/C14H17N3O/c1-2-5-11(6-3-1)14-13(10-16-17-14)18-12-7-4-8-15-9-12/h1-3,5-6,10,12,15H,4,7-9H2,(H,16,17). The number of H-pyrrole nitrogens is 1. The van der Waals surface area contributed by atoms with Crippen LogP contribution in [-0.4, -0.2) is 29.4 Å². The van der Waals surface area contributed by atoms with Gasteiger partial charge in [-0.3, -0.25) is 5.10 Å². The van der Waals surface area contributed by atoms with E-state index in [0.29, 0.717) is 0 Å². The lowest BCUT2D eigenvalue weighted by atomic mass is 10.1. The fourth-order valence-corrected chi connectivity index (χ4v) is 2.28. The summed E-state index contributed by atoms with van der Waals surface area (Å²) in [7, 11) is 0. The molecule has 1 aliphatic heterocycles. The van der Waals surface area contributed by atoms with Gasteiger partial charge < -0.3 is 10.1 Å². The largest absolute Gasteiger partial charge is 0.485 e. The zero-order valence-corrected chi connectivity index (χ0v) is 10.2. The molecule has 2 N–H and O–H groups in total. The van der Waals surface area contributed by atoms with Crippen LogP contribution >= 0.6 is 0 Å². The molecule has 0 aliphatic carbocycles. The molecule has 94 valence electrons. The molecule has 0 amide bonds. The van der Waals surface area contributed by atoms with Gasteiger partial charge in [-0.15, -0.1) is 0 Å². The van der Waals surface area contributed by atoms with E-state index < -0.39 is 0 Å². The third-order valence-electron chi connectivity index (χ3n) is 3.21. The van der Waals surface area contributed by atoms with E-state index in [2.05, 4.69) is 27.6 Å². The Kier molecular flexibility index (Phi) is 3.28. The first-order valence-corrected chi connectivity index (χ1v) is 6.39. The highest BCUT2D eigenvalue weighted by Crippen LogP contribution is 2.28. The van der Waals surface area contributed by atoms with Crippen LogP contribution in [0.25, 0.3) is 11.3 Å². The molecule has 1 aromatic carbocycles. The summed E-state index contributed by atoms with van der Waals surface area (Å²) in [5.74, 6) is 0.843. The van der Waals surface area contributed by atoms with Crippen molar-refractivity contribution in [3.8, 4) is 17.0 Å². The van der Waals surface area contributed by atoms with Crippen LogP contribution in [0.5, 0.6) is 5.75 Å². The van der Waals surface area contributed by atoms with E-state index in [1.54, 1.807) is 6.20 Å². The van der Waals surface area contributed by atoms with Crippen molar-refractivity contribution < 1.29 is 4.74 Å². The lowest BCUT2D eigenvalue weighted by Gasteiger charge is -2.23. The van der Waals surface area contributed by atoms with Crippen molar-refractivity contribution in [3.63, 3.8) is 0 Å². The van der Waals surface area contributed by atoms with Gasteiger partial charge in [0.2, 0.25) is 0 Å². The SMILES string of the molecule is c1ccc(-c2[nH]ncc2OC2CCCNC2)cc1. The van der Waals surface area contributed by atoms with Crippen molar-refractivity contribution in [2.75, 3.05) is 13.1 Å². The number of aromatic amines is 1. The Morgan fingerprint density at radius 1 is 1.22 bits per heavy atom. The van der Waals surface area contributed by atoms with Crippen molar-refractivity contribution in [3.05, 3.63) is 36.5 Å². The third kappa shape index (κ3) is 2.38. The number of ether oxygens (including phenoxy) is 1. The second-order valence-electron chi connectivity index (χ2n) is 4.56. The van der Waals surface area contributed by atoms with Gasteiger partial charge in [-0.25, -0.2) is 0 Å². The molecule has 0 bridgehead atoms. The van der Waals surface area contributed by atoms with E-state index >= 15 is 0 Å². The second-order valence-corrected chi connectivity index (χ2v) is 4.56. The van der Waals surface area contributed by atoms with Crippen LogP contribution in [0.15, 0.2) is 36.5 Å². The highest BCUT2D eigenvalue weighted by molar-refractivity contribution is 5.65. The Balaban J connectivity index is 1.79. The molecule has 1 saturated heterocycles. The zero-order chi connectivity index (χ0) is 12.2. The van der Waals surface area contributed by atoms with Gasteiger partial charge >= 0.3 is 0 Å². The molecule has 0 radical (unpaired) electrons. The Morgan fingerprint density at radius 3 is 2.89 bits per heavy atom. The highest BCUT2D eigenvalue weighted by Gasteiger charge is 2.17. The topological polar surface area (TPSA) is 49.9 Å². The molecule has 1 fully saturated rings. The molecule has 18 heavy (non-hydrogen) atoms. The normalized spacial score (nSPS) is 19.7. The highest BCUT2D eigenvalue weighted by atomic mass is 16.5. The predicted octanol–water partition coefficient (Wildman–Crippen LogP) is 2.21. The van der Waals surface area contributed by atoms with Crippen LogP contribution in [-0.2, 0) is 0 Å². The number of nitrogens with one attached hydrogen (secondary N) is 2. The van der Waals surface area contributed by atoms with Crippen LogP contribution in [0.3, 0.4) is 0 Å². The van der Waals surface area contributed by atoms with Crippen LogP contribution in [0.4, 0.5) is 0 Å². The molecule has 1 unspecified atom stereocenters. The average Bonchev–Trinajstić information content (AvgIpc) is 2.89. The maximum Gasteiger partial charge on any atom is 0.165 e. The first-order chi connectivity index (χ1) is 8.93. The summed E-state index contributed by atoms with van der Waals surface area (Å²) >= 11 is 0. The zero-order valence-electron chi connectivity index (χ0n) is 10.2. The fraction of sp³-hybridized carbons (Fsp3) is 0.357. The fourth-order valence-electron chi connectivity index (χ4n) is 2.28. The van der Waals surface area contributed by atoms with Gasteiger partial charge in [0.15, 0.2) is 5.75 Å². The quantitative estimate of drug-likeness (QED) is 0.869. The maximum atomic E-state index is 6.02. The van der Waals surface area contributed by atoms with Gasteiger partial charge in [0.05, 0.1) is 6.20 Å². The van der Waals surface area contributed by atoms with Crippen LogP contribution < -0.4 is 10.1 Å². The number of aromatic nitrogens is 2. The van der Waals surface area contributed by atoms with E-state index in [1.165, 1.54) is 6.42 Å². The molecule has 2 heterocycles. The Bertz CT molecular complexity index is 489. The Morgan fingerprint density at radius 2 is 2.11 bits per heavy atom. The van der Waals surface area contributed by atoms with E-state index in [-0.39, 0.29) is 6.10 Å².